The minimum Gasteiger partial charge on any atom is -0.475 e. The third-order valence-electron chi connectivity index (χ3n) is 2.79. The fourth-order valence-electron chi connectivity index (χ4n) is 1.87. The Morgan fingerprint density at radius 3 is 2.68 bits per heavy atom. The molecule has 0 amide bonds. The van der Waals surface area contributed by atoms with Gasteiger partial charge in [-0.05, 0) is 40.1 Å². The molecular weight excluding hydrogens is 264 g/mol. The summed E-state index contributed by atoms with van der Waals surface area (Å²) in [5.41, 5.74) is 1.86. The van der Waals surface area contributed by atoms with Gasteiger partial charge in [-0.3, -0.25) is 4.79 Å². The molecule has 1 aromatic carbocycles. The molecule has 0 spiro atoms. The molecule has 2 aromatic heterocycles. The number of hydrogen-bond acceptors (Lipinski definition) is 4. The second-order valence-corrected chi connectivity index (χ2v) is 4.78. The van der Waals surface area contributed by atoms with Crippen LogP contribution in [0.15, 0.2) is 50.3 Å². The highest BCUT2D eigenvalue weighted by molar-refractivity contribution is 7.08. The zero-order valence-electron chi connectivity index (χ0n) is 9.62. The summed E-state index contributed by atoms with van der Waals surface area (Å²) in [7, 11) is 0. The summed E-state index contributed by atoms with van der Waals surface area (Å²) in [6.07, 6.45) is 0. The predicted octanol–water partition coefficient (Wildman–Crippen LogP) is 3.22. The molecule has 0 radical (unpaired) electrons. The zero-order valence-corrected chi connectivity index (χ0v) is 10.4. The summed E-state index contributed by atoms with van der Waals surface area (Å²) in [4.78, 5) is 22.7. The van der Waals surface area contributed by atoms with E-state index in [1.807, 2.05) is 16.8 Å². The van der Waals surface area contributed by atoms with Crippen molar-refractivity contribution in [2.75, 3.05) is 0 Å². The van der Waals surface area contributed by atoms with Crippen LogP contribution in [0, 0.1) is 0 Å². The summed E-state index contributed by atoms with van der Waals surface area (Å²) in [6.45, 7) is 0. The smallest absolute Gasteiger partial charge is 0.371 e. The van der Waals surface area contributed by atoms with E-state index in [9.17, 15) is 9.59 Å². The van der Waals surface area contributed by atoms with Crippen molar-refractivity contribution in [2.24, 2.45) is 0 Å². The van der Waals surface area contributed by atoms with Gasteiger partial charge in [0.05, 0.1) is 5.39 Å². The van der Waals surface area contributed by atoms with Crippen molar-refractivity contribution in [2.45, 2.75) is 0 Å². The molecule has 0 aliphatic rings. The molecule has 1 N–H and O–H groups in total. The molecule has 2 heterocycles. The Bertz CT molecular complexity index is 815. The average Bonchev–Trinajstić information content (AvgIpc) is 2.92. The lowest BCUT2D eigenvalue weighted by atomic mass is 10.1. The van der Waals surface area contributed by atoms with Crippen LogP contribution in [0.4, 0.5) is 0 Å². The maximum absolute atomic E-state index is 11.9. The van der Waals surface area contributed by atoms with Crippen molar-refractivity contribution < 1.29 is 14.3 Å². The SMILES string of the molecule is O=C(O)c1cc(=O)c2cc(-c3ccsc3)ccc2o1. The maximum Gasteiger partial charge on any atom is 0.371 e. The minimum absolute atomic E-state index is 0.281. The Morgan fingerprint density at radius 1 is 1.16 bits per heavy atom. The summed E-state index contributed by atoms with van der Waals surface area (Å²) in [5, 5.41) is 13.2. The molecule has 0 atom stereocenters. The van der Waals surface area contributed by atoms with Gasteiger partial charge in [0.25, 0.3) is 0 Å². The van der Waals surface area contributed by atoms with Crippen molar-refractivity contribution in [3.05, 3.63) is 57.1 Å². The molecule has 0 fully saturated rings. The van der Waals surface area contributed by atoms with Crippen LogP contribution in [0.5, 0.6) is 0 Å². The molecule has 3 aromatic rings. The standard InChI is InChI=1S/C14H8O4S/c15-11-6-13(14(16)17)18-12-2-1-8(5-10(11)12)9-3-4-19-7-9/h1-7H,(H,16,17). The first-order chi connectivity index (χ1) is 9.15. The summed E-state index contributed by atoms with van der Waals surface area (Å²) in [5.74, 6) is -1.60. The van der Waals surface area contributed by atoms with E-state index in [0.717, 1.165) is 17.2 Å². The second kappa shape index (κ2) is 4.37. The largest absolute Gasteiger partial charge is 0.475 e. The number of benzene rings is 1. The van der Waals surface area contributed by atoms with E-state index in [1.165, 1.54) is 0 Å². The van der Waals surface area contributed by atoms with Crippen molar-refractivity contribution in [1.29, 1.82) is 0 Å². The lowest BCUT2D eigenvalue weighted by molar-refractivity contribution is 0.0663. The Labute approximate surface area is 111 Å². The topological polar surface area (TPSA) is 67.5 Å². The Balaban J connectivity index is 2.25. The van der Waals surface area contributed by atoms with Crippen LogP contribution >= 0.6 is 11.3 Å². The van der Waals surface area contributed by atoms with Gasteiger partial charge in [0, 0.05) is 6.07 Å². The normalized spacial score (nSPS) is 10.7. The highest BCUT2D eigenvalue weighted by atomic mass is 32.1. The lowest BCUT2D eigenvalue weighted by Crippen LogP contribution is -2.06. The van der Waals surface area contributed by atoms with Crippen LogP contribution in [0.1, 0.15) is 10.6 Å². The highest BCUT2D eigenvalue weighted by Crippen LogP contribution is 2.25. The van der Waals surface area contributed by atoms with E-state index in [-0.39, 0.29) is 16.8 Å². The van der Waals surface area contributed by atoms with Gasteiger partial charge >= 0.3 is 5.97 Å². The van der Waals surface area contributed by atoms with Gasteiger partial charge in [-0.1, -0.05) is 6.07 Å². The number of aromatic carboxylic acids is 1. The van der Waals surface area contributed by atoms with Crippen LogP contribution < -0.4 is 5.43 Å². The zero-order chi connectivity index (χ0) is 13.4. The Morgan fingerprint density at radius 2 is 2.00 bits per heavy atom. The van der Waals surface area contributed by atoms with Crippen molar-refractivity contribution in [3.8, 4) is 11.1 Å². The minimum atomic E-state index is -1.25. The Hall–Kier alpha value is -2.40. The van der Waals surface area contributed by atoms with Crippen molar-refractivity contribution in [1.82, 2.24) is 0 Å². The van der Waals surface area contributed by atoms with Crippen LogP contribution in [-0.4, -0.2) is 11.1 Å². The van der Waals surface area contributed by atoms with Crippen LogP contribution in [-0.2, 0) is 0 Å². The van der Waals surface area contributed by atoms with Crippen molar-refractivity contribution >= 4 is 28.3 Å². The molecule has 5 heteroatoms. The fourth-order valence-corrected chi connectivity index (χ4v) is 2.53. The first-order valence-corrected chi connectivity index (χ1v) is 6.43. The number of hydrogen-bond donors (Lipinski definition) is 1. The predicted molar refractivity (Wildman–Crippen MR) is 72.8 cm³/mol. The summed E-state index contributed by atoms with van der Waals surface area (Å²) >= 11 is 1.57. The van der Waals surface area contributed by atoms with Crippen LogP contribution in [0.3, 0.4) is 0 Å². The Kier molecular flexibility index (Phi) is 2.68. The average molecular weight is 272 g/mol. The van der Waals surface area contributed by atoms with E-state index in [4.69, 9.17) is 9.52 Å². The van der Waals surface area contributed by atoms with Gasteiger partial charge in [0.15, 0.2) is 5.43 Å². The van der Waals surface area contributed by atoms with E-state index < -0.39 is 5.97 Å². The molecule has 3 rings (SSSR count). The number of carboxylic acids is 1. The van der Waals surface area contributed by atoms with Gasteiger partial charge in [-0.2, -0.15) is 11.3 Å². The van der Waals surface area contributed by atoms with Gasteiger partial charge in [0.2, 0.25) is 5.76 Å². The second-order valence-electron chi connectivity index (χ2n) is 4.00. The van der Waals surface area contributed by atoms with Gasteiger partial charge in [-0.25, -0.2) is 4.79 Å². The summed E-state index contributed by atoms with van der Waals surface area (Å²) < 4.78 is 5.18. The van der Waals surface area contributed by atoms with E-state index in [2.05, 4.69) is 0 Å². The third kappa shape index (κ3) is 2.04. The molecule has 19 heavy (non-hydrogen) atoms. The third-order valence-corrected chi connectivity index (χ3v) is 3.48. The highest BCUT2D eigenvalue weighted by Gasteiger charge is 2.11. The van der Waals surface area contributed by atoms with Gasteiger partial charge in [-0.15, -0.1) is 0 Å². The number of thiophene rings is 1. The molecule has 0 bridgehead atoms. The molecule has 94 valence electrons. The van der Waals surface area contributed by atoms with Crippen molar-refractivity contribution in [3.63, 3.8) is 0 Å². The number of fused-ring (bicyclic) bond motifs is 1. The monoisotopic (exact) mass is 272 g/mol. The maximum atomic E-state index is 11.9. The first-order valence-electron chi connectivity index (χ1n) is 5.49. The molecule has 0 aliphatic heterocycles. The number of carboxylic acid groups (broad SMARTS) is 1. The molecule has 0 unspecified atom stereocenters. The molecule has 4 nitrogen and oxygen atoms in total. The van der Waals surface area contributed by atoms with Crippen LogP contribution in [0.2, 0.25) is 0 Å². The molecule has 0 aliphatic carbocycles. The quantitative estimate of drug-likeness (QED) is 0.777. The fraction of sp³-hybridized carbons (Fsp3) is 0. The van der Waals surface area contributed by atoms with Crippen LogP contribution in [0.25, 0.3) is 22.1 Å². The number of rotatable bonds is 2. The summed E-state index contributed by atoms with van der Waals surface area (Å²) in [6, 6.07) is 8.10. The van der Waals surface area contributed by atoms with Gasteiger partial charge in [0.1, 0.15) is 5.58 Å². The number of carbonyl (C=O) groups is 1. The lowest BCUT2D eigenvalue weighted by Gasteiger charge is -2.02. The molecule has 0 saturated heterocycles. The van der Waals surface area contributed by atoms with E-state index >= 15 is 0 Å². The van der Waals surface area contributed by atoms with E-state index in [1.54, 1.807) is 29.5 Å². The van der Waals surface area contributed by atoms with Gasteiger partial charge < -0.3 is 9.52 Å². The molecular formula is C14H8O4S. The first kappa shape index (κ1) is 11.7. The molecule has 0 saturated carbocycles. The van der Waals surface area contributed by atoms with E-state index in [0.29, 0.717) is 5.39 Å².